The fraction of sp³-hybridized carbons (Fsp3) is 0.367. The Labute approximate surface area is 228 Å². The van der Waals surface area contributed by atoms with Crippen molar-refractivity contribution in [3.05, 3.63) is 93.5 Å². The van der Waals surface area contributed by atoms with Crippen molar-refractivity contribution in [3.63, 3.8) is 0 Å². The minimum atomic E-state index is -0.550. The lowest BCUT2D eigenvalue weighted by Gasteiger charge is -2.35. The maximum absolute atomic E-state index is 14.1. The predicted molar refractivity (Wildman–Crippen MR) is 150 cm³/mol. The molecule has 0 unspecified atom stereocenters. The Bertz CT molecular complexity index is 1370. The molecule has 3 aromatic rings. The van der Waals surface area contributed by atoms with Crippen molar-refractivity contribution < 1.29 is 13.9 Å². The molecule has 0 radical (unpaired) electrons. The molecule has 0 saturated carbocycles. The number of amides is 1. The summed E-state index contributed by atoms with van der Waals surface area (Å²) >= 11 is 0. The number of carbonyl (C=O) groups is 1. The van der Waals surface area contributed by atoms with E-state index in [4.69, 9.17) is 10.5 Å². The number of benzene rings is 2. The zero-order valence-corrected chi connectivity index (χ0v) is 22.8. The number of aromatic nitrogens is 2. The summed E-state index contributed by atoms with van der Waals surface area (Å²) in [6, 6.07) is 16.3. The number of rotatable bonds is 7. The van der Waals surface area contributed by atoms with Gasteiger partial charge >= 0.3 is 6.09 Å². The molecule has 0 spiro atoms. The molecule has 2 heterocycles. The van der Waals surface area contributed by atoms with Crippen LogP contribution in [0.25, 0.3) is 17.3 Å². The molecule has 0 bridgehead atoms. The number of hydrogen-bond acceptors (Lipinski definition) is 6. The lowest BCUT2D eigenvalue weighted by molar-refractivity contribution is 0.0138. The van der Waals surface area contributed by atoms with Crippen LogP contribution in [0.2, 0.25) is 0 Å². The van der Waals surface area contributed by atoms with Gasteiger partial charge in [-0.05, 0) is 50.6 Å². The van der Waals surface area contributed by atoms with Crippen molar-refractivity contribution in [1.82, 2.24) is 19.6 Å². The molecule has 1 saturated heterocycles. The third kappa shape index (κ3) is 7.61. The van der Waals surface area contributed by atoms with E-state index in [1.165, 1.54) is 10.7 Å². The van der Waals surface area contributed by atoms with Crippen LogP contribution in [0, 0.1) is 5.82 Å². The highest BCUT2D eigenvalue weighted by molar-refractivity contribution is 5.68. The Morgan fingerprint density at radius 2 is 1.77 bits per heavy atom. The highest BCUT2D eigenvalue weighted by Crippen LogP contribution is 2.21. The van der Waals surface area contributed by atoms with E-state index in [9.17, 15) is 14.0 Å². The predicted octanol–water partition coefficient (Wildman–Crippen LogP) is 4.27. The number of ether oxygens (including phenoxy) is 1. The van der Waals surface area contributed by atoms with Gasteiger partial charge in [0.25, 0.3) is 5.56 Å². The molecule has 39 heavy (non-hydrogen) atoms. The zero-order chi connectivity index (χ0) is 28.0. The zero-order valence-electron chi connectivity index (χ0n) is 22.8. The summed E-state index contributed by atoms with van der Waals surface area (Å²) in [6.45, 7) is 8.54. The van der Waals surface area contributed by atoms with E-state index in [1.54, 1.807) is 23.1 Å². The van der Waals surface area contributed by atoms with Crippen LogP contribution >= 0.6 is 0 Å². The number of allylic oxidation sites excluding steroid dienone is 1. The molecular weight excluding hydrogens is 497 g/mol. The second-order valence-electron chi connectivity index (χ2n) is 10.6. The summed E-state index contributed by atoms with van der Waals surface area (Å²) in [7, 11) is 0. The van der Waals surface area contributed by atoms with Crippen LogP contribution in [0.1, 0.15) is 37.5 Å². The first-order valence-electron chi connectivity index (χ1n) is 13.1. The van der Waals surface area contributed by atoms with E-state index in [1.807, 2.05) is 63.3 Å². The van der Waals surface area contributed by atoms with E-state index in [0.29, 0.717) is 55.1 Å². The van der Waals surface area contributed by atoms with E-state index >= 15 is 0 Å². The Balaban J connectivity index is 1.57. The fourth-order valence-electron chi connectivity index (χ4n) is 4.37. The SMILES string of the molecule is CC(C)(C)OC(=O)N1CCN(Cc2cc(-c3ccc(F)c(CN)c3)nn(C/C=C/c3ccccc3)c2=O)CC1. The van der Waals surface area contributed by atoms with Gasteiger partial charge < -0.3 is 15.4 Å². The van der Waals surface area contributed by atoms with Gasteiger partial charge in [0.1, 0.15) is 11.4 Å². The van der Waals surface area contributed by atoms with Gasteiger partial charge in [0.15, 0.2) is 0 Å². The van der Waals surface area contributed by atoms with Crippen molar-refractivity contribution in [2.45, 2.75) is 46.0 Å². The van der Waals surface area contributed by atoms with Crippen LogP contribution in [-0.4, -0.2) is 57.5 Å². The molecule has 1 aliphatic heterocycles. The Kier molecular flexibility index (Phi) is 8.93. The lowest BCUT2D eigenvalue weighted by atomic mass is 10.1. The van der Waals surface area contributed by atoms with Gasteiger partial charge in [0.05, 0.1) is 12.2 Å². The highest BCUT2D eigenvalue weighted by Gasteiger charge is 2.26. The van der Waals surface area contributed by atoms with Crippen molar-refractivity contribution in [1.29, 1.82) is 0 Å². The smallest absolute Gasteiger partial charge is 0.410 e. The van der Waals surface area contributed by atoms with Crippen LogP contribution in [0.4, 0.5) is 9.18 Å². The Morgan fingerprint density at radius 1 is 1.05 bits per heavy atom. The summed E-state index contributed by atoms with van der Waals surface area (Å²) in [5.41, 5.74) is 8.23. The first-order chi connectivity index (χ1) is 18.6. The summed E-state index contributed by atoms with van der Waals surface area (Å²) in [5.74, 6) is -0.372. The molecule has 8 nitrogen and oxygen atoms in total. The standard InChI is InChI=1S/C30H36FN5O3/c1-30(2,3)39-29(38)35-16-14-34(15-17-35)21-25-19-27(23-11-12-26(31)24(18-23)20-32)33-36(28(25)37)13-7-10-22-8-5-4-6-9-22/h4-12,18-19H,13-17,20-21,32H2,1-3H3/b10-7+. The van der Waals surface area contributed by atoms with Crippen molar-refractivity contribution in [2.75, 3.05) is 26.2 Å². The van der Waals surface area contributed by atoms with Crippen LogP contribution < -0.4 is 11.3 Å². The number of nitrogens with zero attached hydrogens (tertiary/aromatic N) is 4. The molecular formula is C30H36FN5O3. The topological polar surface area (TPSA) is 93.7 Å². The normalized spacial score (nSPS) is 14.6. The maximum atomic E-state index is 14.1. The van der Waals surface area contributed by atoms with E-state index < -0.39 is 5.60 Å². The van der Waals surface area contributed by atoms with Crippen molar-refractivity contribution in [3.8, 4) is 11.3 Å². The minimum Gasteiger partial charge on any atom is -0.444 e. The van der Waals surface area contributed by atoms with Gasteiger partial charge in [-0.3, -0.25) is 9.69 Å². The molecule has 0 aliphatic carbocycles. The van der Waals surface area contributed by atoms with Crippen LogP contribution in [0.15, 0.2) is 65.5 Å². The molecule has 2 aromatic carbocycles. The molecule has 1 aromatic heterocycles. The number of carbonyl (C=O) groups excluding carboxylic acids is 1. The molecule has 206 valence electrons. The molecule has 1 fully saturated rings. The Morgan fingerprint density at radius 3 is 2.44 bits per heavy atom. The van der Waals surface area contributed by atoms with Crippen LogP contribution in [0.3, 0.4) is 0 Å². The maximum Gasteiger partial charge on any atom is 0.410 e. The molecule has 4 rings (SSSR count). The molecule has 1 amide bonds. The summed E-state index contributed by atoms with van der Waals surface area (Å²) in [5, 5.41) is 4.60. The lowest BCUT2D eigenvalue weighted by Crippen LogP contribution is -2.50. The first-order valence-corrected chi connectivity index (χ1v) is 13.1. The summed E-state index contributed by atoms with van der Waals surface area (Å²) in [6.07, 6.45) is 3.51. The summed E-state index contributed by atoms with van der Waals surface area (Å²) in [4.78, 5) is 29.7. The van der Waals surface area contributed by atoms with Gasteiger partial charge in [-0.15, -0.1) is 0 Å². The monoisotopic (exact) mass is 533 g/mol. The largest absolute Gasteiger partial charge is 0.444 e. The quantitative estimate of drug-likeness (QED) is 0.488. The minimum absolute atomic E-state index is 0.0634. The highest BCUT2D eigenvalue weighted by atomic mass is 19.1. The number of piperazine rings is 1. The number of hydrogen-bond donors (Lipinski definition) is 1. The van der Waals surface area contributed by atoms with Crippen molar-refractivity contribution >= 4 is 12.2 Å². The van der Waals surface area contributed by atoms with Crippen LogP contribution in [-0.2, 0) is 24.4 Å². The number of nitrogens with two attached hydrogens (primary N) is 1. The second-order valence-corrected chi connectivity index (χ2v) is 10.6. The van der Waals surface area contributed by atoms with Gasteiger partial charge in [-0.25, -0.2) is 13.9 Å². The van der Waals surface area contributed by atoms with Gasteiger partial charge in [-0.1, -0.05) is 42.5 Å². The van der Waals surface area contributed by atoms with E-state index in [2.05, 4.69) is 10.00 Å². The van der Waals surface area contributed by atoms with E-state index in [0.717, 1.165) is 5.56 Å². The molecule has 2 N–H and O–H groups in total. The second kappa shape index (κ2) is 12.4. The molecule has 9 heteroatoms. The first kappa shape index (κ1) is 28.2. The molecule has 0 atom stereocenters. The third-order valence-corrected chi connectivity index (χ3v) is 6.42. The van der Waals surface area contributed by atoms with E-state index in [-0.39, 0.29) is 30.6 Å². The van der Waals surface area contributed by atoms with Gasteiger partial charge in [0.2, 0.25) is 0 Å². The van der Waals surface area contributed by atoms with Crippen LogP contribution in [0.5, 0.6) is 0 Å². The van der Waals surface area contributed by atoms with Gasteiger partial charge in [-0.2, -0.15) is 5.10 Å². The van der Waals surface area contributed by atoms with Gasteiger partial charge in [0, 0.05) is 56.0 Å². The summed E-state index contributed by atoms with van der Waals surface area (Å²) < 4.78 is 21.0. The third-order valence-electron chi connectivity index (χ3n) is 6.42. The molecule has 1 aliphatic rings. The van der Waals surface area contributed by atoms with Crippen molar-refractivity contribution in [2.24, 2.45) is 5.73 Å². The number of halogens is 1. The Hall–Kier alpha value is -3.82. The average Bonchev–Trinajstić information content (AvgIpc) is 2.91. The average molecular weight is 534 g/mol. The fourth-order valence-corrected chi connectivity index (χ4v) is 4.37.